The highest BCUT2D eigenvalue weighted by atomic mass is 16.5. The van der Waals surface area contributed by atoms with Crippen molar-refractivity contribution in [1.82, 2.24) is 4.90 Å². The normalized spacial score (nSPS) is 17.0. The number of fused-ring (bicyclic) bond motifs is 3. The Morgan fingerprint density at radius 1 is 1.14 bits per heavy atom. The van der Waals surface area contributed by atoms with Crippen LogP contribution in [0.1, 0.15) is 38.4 Å². The van der Waals surface area contributed by atoms with Gasteiger partial charge in [0.25, 0.3) is 0 Å². The second-order valence-electron chi connectivity index (χ2n) is 7.57. The predicted molar refractivity (Wildman–Crippen MR) is 109 cm³/mol. The third-order valence-corrected chi connectivity index (χ3v) is 5.29. The number of ketones is 1. The standard InChI is InChI=1S/C24H21NO4/c1-15-5-3-6-17(9-15)11-21-23(26)22-16(2)10-20-19(24(22)29-21)13-25(14-28-20)12-18-7-4-8-27-18/h3-11H,12-14H2,1-2H3/b21-11-. The lowest BCUT2D eigenvalue weighted by atomic mass is 9.98. The molecule has 0 saturated heterocycles. The molecule has 0 fully saturated rings. The number of allylic oxidation sites excluding steroid dienone is 1. The summed E-state index contributed by atoms with van der Waals surface area (Å²) >= 11 is 0. The molecule has 0 N–H and O–H groups in total. The van der Waals surface area contributed by atoms with Crippen molar-refractivity contribution < 1.29 is 18.7 Å². The minimum Gasteiger partial charge on any atom is -0.478 e. The second-order valence-corrected chi connectivity index (χ2v) is 7.57. The number of Topliss-reactive ketones (excluding diaryl/α,β-unsaturated/α-hetero) is 1. The first-order chi connectivity index (χ1) is 14.1. The second kappa shape index (κ2) is 6.94. The minimum atomic E-state index is -0.0787. The molecule has 2 aliphatic heterocycles. The van der Waals surface area contributed by atoms with Crippen molar-refractivity contribution in [2.24, 2.45) is 0 Å². The monoisotopic (exact) mass is 387 g/mol. The van der Waals surface area contributed by atoms with E-state index >= 15 is 0 Å². The van der Waals surface area contributed by atoms with Crippen LogP contribution in [0.15, 0.2) is 58.9 Å². The van der Waals surface area contributed by atoms with Gasteiger partial charge in [0.05, 0.1) is 23.9 Å². The van der Waals surface area contributed by atoms with Gasteiger partial charge < -0.3 is 13.9 Å². The van der Waals surface area contributed by atoms with Crippen molar-refractivity contribution in [3.05, 3.63) is 88.1 Å². The average molecular weight is 387 g/mol. The molecule has 0 spiro atoms. The third kappa shape index (κ3) is 3.23. The van der Waals surface area contributed by atoms with Gasteiger partial charge in [-0.15, -0.1) is 0 Å². The van der Waals surface area contributed by atoms with Crippen LogP contribution in [0.3, 0.4) is 0 Å². The number of hydrogen-bond donors (Lipinski definition) is 0. The fraction of sp³-hybridized carbons (Fsp3) is 0.208. The minimum absolute atomic E-state index is 0.0787. The molecule has 5 nitrogen and oxygen atoms in total. The van der Waals surface area contributed by atoms with Gasteiger partial charge in [0.2, 0.25) is 5.78 Å². The Balaban J connectivity index is 1.49. The Bertz CT molecular complexity index is 1130. The number of carbonyl (C=O) groups is 1. The summed E-state index contributed by atoms with van der Waals surface area (Å²) in [5.74, 6) is 2.54. The molecule has 0 amide bonds. The fourth-order valence-electron chi connectivity index (χ4n) is 3.91. The zero-order chi connectivity index (χ0) is 20.0. The molecule has 0 saturated carbocycles. The van der Waals surface area contributed by atoms with E-state index in [1.165, 1.54) is 0 Å². The molecule has 0 radical (unpaired) electrons. The van der Waals surface area contributed by atoms with Crippen LogP contribution in [-0.4, -0.2) is 17.4 Å². The molecule has 0 bridgehead atoms. The maximum absolute atomic E-state index is 13.1. The molecule has 146 valence electrons. The largest absolute Gasteiger partial charge is 0.478 e. The highest BCUT2D eigenvalue weighted by molar-refractivity contribution is 6.15. The number of carbonyl (C=O) groups excluding carboxylic acids is 1. The molecular formula is C24H21NO4. The van der Waals surface area contributed by atoms with Crippen molar-refractivity contribution in [3.63, 3.8) is 0 Å². The summed E-state index contributed by atoms with van der Waals surface area (Å²) < 4.78 is 17.5. The Morgan fingerprint density at radius 2 is 2.03 bits per heavy atom. The zero-order valence-electron chi connectivity index (χ0n) is 16.4. The Labute approximate surface area is 169 Å². The molecule has 0 atom stereocenters. The smallest absolute Gasteiger partial charge is 0.232 e. The quantitative estimate of drug-likeness (QED) is 0.601. The SMILES string of the molecule is Cc1cccc(/C=C2\Oc3c4c(cc(C)c3C2=O)OCN(Cc2ccco2)C4)c1. The Morgan fingerprint density at radius 3 is 2.83 bits per heavy atom. The molecule has 5 heteroatoms. The van der Waals surface area contributed by atoms with Crippen LogP contribution in [0.5, 0.6) is 11.5 Å². The van der Waals surface area contributed by atoms with E-state index in [1.54, 1.807) is 6.26 Å². The van der Waals surface area contributed by atoms with Crippen LogP contribution in [0, 0.1) is 13.8 Å². The summed E-state index contributed by atoms with van der Waals surface area (Å²) in [6.07, 6.45) is 3.48. The maximum atomic E-state index is 13.1. The highest BCUT2D eigenvalue weighted by Crippen LogP contribution is 2.44. The van der Waals surface area contributed by atoms with E-state index in [9.17, 15) is 4.79 Å². The Hall–Kier alpha value is -3.31. The van der Waals surface area contributed by atoms with E-state index in [-0.39, 0.29) is 5.78 Å². The number of furan rings is 1. The van der Waals surface area contributed by atoms with Crippen LogP contribution >= 0.6 is 0 Å². The predicted octanol–water partition coefficient (Wildman–Crippen LogP) is 4.86. The number of rotatable bonds is 3. The lowest BCUT2D eigenvalue weighted by Gasteiger charge is -2.29. The number of benzene rings is 2. The van der Waals surface area contributed by atoms with Gasteiger partial charge in [-0.05, 0) is 49.2 Å². The molecule has 29 heavy (non-hydrogen) atoms. The average Bonchev–Trinajstić information content (AvgIpc) is 3.31. The van der Waals surface area contributed by atoms with Gasteiger partial charge in [-0.25, -0.2) is 0 Å². The first kappa shape index (κ1) is 17.8. The lowest BCUT2D eigenvalue weighted by Crippen LogP contribution is -2.31. The zero-order valence-corrected chi connectivity index (χ0v) is 16.4. The lowest BCUT2D eigenvalue weighted by molar-refractivity contribution is 0.0809. The highest BCUT2D eigenvalue weighted by Gasteiger charge is 2.35. The molecule has 3 heterocycles. The molecule has 5 rings (SSSR count). The summed E-state index contributed by atoms with van der Waals surface area (Å²) in [6.45, 7) is 5.68. The molecule has 1 aromatic heterocycles. The summed E-state index contributed by atoms with van der Waals surface area (Å²) in [5, 5.41) is 0. The molecule has 0 unspecified atom stereocenters. The van der Waals surface area contributed by atoms with Gasteiger partial charge >= 0.3 is 0 Å². The van der Waals surface area contributed by atoms with E-state index in [0.29, 0.717) is 36.9 Å². The number of aryl methyl sites for hydroxylation is 2. The van der Waals surface area contributed by atoms with Crippen LogP contribution in [0.25, 0.3) is 6.08 Å². The van der Waals surface area contributed by atoms with Gasteiger partial charge in [0.1, 0.15) is 24.0 Å². The number of ether oxygens (including phenoxy) is 2. The van der Waals surface area contributed by atoms with E-state index in [4.69, 9.17) is 13.9 Å². The number of nitrogens with zero attached hydrogens (tertiary/aromatic N) is 1. The van der Waals surface area contributed by atoms with Gasteiger partial charge in [0.15, 0.2) is 5.76 Å². The number of hydrogen-bond acceptors (Lipinski definition) is 5. The first-order valence-corrected chi connectivity index (χ1v) is 9.63. The van der Waals surface area contributed by atoms with Crippen molar-refractivity contribution in [2.45, 2.75) is 26.9 Å². The van der Waals surface area contributed by atoms with Crippen LogP contribution < -0.4 is 9.47 Å². The summed E-state index contributed by atoms with van der Waals surface area (Å²) in [6, 6.07) is 13.8. The van der Waals surface area contributed by atoms with Crippen LogP contribution in [0.4, 0.5) is 0 Å². The molecule has 3 aromatic rings. The maximum Gasteiger partial charge on any atom is 0.232 e. The van der Waals surface area contributed by atoms with Gasteiger partial charge in [-0.2, -0.15) is 0 Å². The Kier molecular flexibility index (Phi) is 4.25. The van der Waals surface area contributed by atoms with Crippen LogP contribution in [-0.2, 0) is 13.1 Å². The van der Waals surface area contributed by atoms with Gasteiger partial charge in [-0.1, -0.05) is 29.8 Å². The van der Waals surface area contributed by atoms with Gasteiger partial charge in [0, 0.05) is 6.54 Å². The van der Waals surface area contributed by atoms with Crippen LogP contribution in [0.2, 0.25) is 0 Å². The van der Waals surface area contributed by atoms with E-state index < -0.39 is 0 Å². The molecule has 2 aliphatic rings. The summed E-state index contributed by atoms with van der Waals surface area (Å²) in [4.78, 5) is 15.2. The van der Waals surface area contributed by atoms with E-state index in [2.05, 4.69) is 4.90 Å². The van der Waals surface area contributed by atoms with E-state index in [0.717, 1.165) is 33.8 Å². The fourth-order valence-corrected chi connectivity index (χ4v) is 3.91. The third-order valence-electron chi connectivity index (χ3n) is 5.29. The van der Waals surface area contributed by atoms with Crippen molar-refractivity contribution in [3.8, 4) is 11.5 Å². The first-order valence-electron chi connectivity index (χ1n) is 9.63. The summed E-state index contributed by atoms with van der Waals surface area (Å²) in [5.41, 5.74) is 4.49. The molecule has 0 aliphatic carbocycles. The molecular weight excluding hydrogens is 366 g/mol. The van der Waals surface area contributed by atoms with Crippen molar-refractivity contribution in [1.29, 1.82) is 0 Å². The van der Waals surface area contributed by atoms with Crippen molar-refractivity contribution in [2.75, 3.05) is 6.73 Å². The summed E-state index contributed by atoms with van der Waals surface area (Å²) in [7, 11) is 0. The van der Waals surface area contributed by atoms with E-state index in [1.807, 2.05) is 62.4 Å². The topological polar surface area (TPSA) is 51.9 Å². The van der Waals surface area contributed by atoms with Crippen molar-refractivity contribution >= 4 is 11.9 Å². The van der Waals surface area contributed by atoms with Gasteiger partial charge in [-0.3, -0.25) is 9.69 Å². The molecule has 2 aromatic carbocycles.